The minimum atomic E-state index is -0.492. The number of hydrogen-bond donors (Lipinski definition) is 0. The third-order valence-corrected chi connectivity index (χ3v) is 10.2. The zero-order valence-corrected chi connectivity index (χ0v) is 26.0. The lowest BCUT2D eigenvalue weighted by Crippen LogP contribution is -2.32. The summed E-state index contributed by atoms with van der Waals surface area (Å²) >= 11 is 0. The van der Waals surface area contributed by atoms with Gasteiger partial charge in [0.05, 0.1) is 5.41 Å². The molecule has 0 fully saturated rings. The van der Waals surface area contributed by atoms with Crippen LogP contribution >= 0.6 is 0 Å². The van der Waals surface area contributed by atoms with E-state index in [0.717, 1.165) is 0 Å². The number of fused-ring (bicyclic) bond motifs is 8. The van der Waals surface area contributed by atoms with Gasteiger partial charge in [0.15, 0.2) is 0 Å². The standard InChI is InChI=1S/C43H42/c1-9-15-22-39-28(8)29(12-4)38(14-6)43(39)40-24-23-27(7)31(18-10-2)42(40)37-25-35-32(19-11-3)30(13-5)33-20-16-17-21-34(33)36(35)26-41(37)43/h9-26,30,32-34H,1,4-6H2,2-3,7-8H3/b18-10-,19-11-,22-15-. The van der Waals surface area contributed by atoms with E-state index >= 15 is 0 Å². The molecule has 0 N–H and O–H groups in total. The molecule has 0 heterocycles. The maximum Gasteiger partial charge on any atom is 0.0722 e. The summed E-state index contributed by atoms with van der Waals surface area (Å²) in [5, 5.41) is 0. The summed E-state index contributed by atoms with van der Waals surface area (Å²) in [7, 11) is 0. The highest BCUT2D eigenvalue weighted by atomic mass is 14.5. The first-order valence-electron chi connectivity index (χ1n) is 15.5. The number of hydrogen-bond acceptors (Lipinski definition) is 0. The van der Waals surface area contributed by atoms with Crippen LogP contribution in [0.2, 0.25) is 0 Å². The summed E-state index contributed by atoms with van der Waals surface area (Å²) in [6.45, 7) is 25.7. The van der Waals surface area contributed by atoms with Gasteiger partial charge in [0.1, 0.15) is 0 Å². The minimum Gasteiger partial charge on any atom is -0.103 e. The Morgan fingerprint density at radius 3 is 2.28 bits per heavy atom. The highest BCUT2D eigenvalue weighted by Crippen LogP contribution is 2.64. The number of allylic oxidation sites excluding steroid dienone is 17. The van der Waals surface area contributed by atoms with Gasteiger partial charge in [-0.1, -0.05) is 123 Å². The molecule has 0 aliphatic heterocycles. The Balaban J connectivity index is 1.82. The van der Waals surface area contributed by atoms with E-state index in [2.05, 4.69) is 151 Å². The first-order valence-corrected chi connectivity index (χ1v) is 15.5. The first-order chi connectivity index (χ1) is 20.9. The van der Waals surface area contributed by atoms with E-state index in [1.165, 1.54) is 66.8 Å². The second kappa shape index (κ2) is 11.0. The summed E-state index contributed by atoms with van der Waals surface area (Å²) in [5.74, 6) is 1.25. The van der Waals surface area contributed by atoms with Gasteiger partial charge in [-0.3, -0.25) is 0 Å². The maximum atomic E-state index is 4.41. The number of benzene rings is 2. The summed E-state index contributed by atoms with van der Waals surface area (Å²) in [4.78, 5) is 0. The average molecular weight is 559 g/mol. The summed E-state index contributed by atoms with van der Waals surface area (Å²) in [6.07, 6.45) is 30.8. The molecule has 4 aliphatic carbocycles. The van der Waals surface area contributed by atoms with Crippen molar-refractivity contribution in [3.8, 4) is 11.1 Å². The lowest BCUT2D eigenvalue weighted by Gasteiger charge is -2.42. The van der Waals surface area contributed by atoms with E-state index in [1.807, 2.05) is 12.2 Å². The van der Waals surface area contributed by atoms with Gasteiger partial charge < -0.3 is 0 Å². The third kappa shape index (κ3) is 3.82. The van der Waals surface area contributed by atoms with Crippen molar-refractivity contribution in [2.45, 2.75) is 44.9 Å². The van der Waals surface area contributed by atoms with Crippen LogP contribution in [-0.2, 0) is 5.41 Å². The molecule has 0 nitrogen and oxygen atoms in total. The Hall–Kier alpha value is -4.42. The molecule has 5 unspecified atom stereocenters. The third-order valence-electron chi connectivity index (χ3n) is 10.2. The summed E-state index contributed by atoms with van der Waals surface area (Å²) in [6, 6.07) is 9.74. The number of aryl methyl sites for hydroxylation is 1. The highest BCUT2D eigenvalue weighted by Gasteiger charge is 2.53. The molecule has 2 aromatic carbocycles. The molecule has 0 amide bonds. The van der Waals surface area contributed by atoms with Crippen molar-refractivity contribution < 1.29 is 0 Å². The molecule has 0 aromatic heterocycles. The lowest BCUT2D eigenvalue weighted by atomic mass is 9.61. The van der Waals surface area contributed by atoms with Gasteiger partial charge in [0.2, 0.25) is 0 Å². The van der Waals surface area contributed by atoms with Crippen molar-refractivity contribution in [2.75, 3.05) is 0 Å². The Labute approximate surface area is 258 Å². The quantitative estimate of drug-likeness (QED) is 0.234. The predicted octanol–water partition coefficient (Wildman–Crippen LogP) is 11.3. The second-order valence-corrected chi connectivity index (χ2v) is 12.1. The Morgan fingerprint density at radius 2 is 1.60 bits per heavy atom. The van der Waals surface area contributed by atoms with Crippen LogP contribution in [0.5, 0.6) is 0 Å². The molecule has 6 rings (SSSR count). The zero-order valence-electron chi connectivity index (χ0n) is 26.0. The number of rotatable bonds is 7. The molecule has 1 spiro atoms. The molecule has 5 atom stereocenters. The van der Waals surface area contributed by atoms with Gasteiger partial charge in [0, 0.05) is 11.8 Å². The van der Waals surface area contributed by atoms with Crippen LogP contribution in [0, 0.1) is 18.8 Å². The monoisotopic (exact) mass is 558 g/mol. The van der Waals surface area contributed by atoms with Crippen molar-refractivity contribution in [1.29, 1.82) is 0 Å². The molecule has 0 bridgehead atoms. The van der Waals surface area contributed by atoms with E-state index in [-0.39, 0.29) is 5.92 Å². The molecule has 214 valence electrons. The molecule has 0 saturated heterocycles. The largest absolute Gasteiger partial charge is 0.103 e. The van der Waals surface area contributed by atoms with Crippen LogP contribution in [0.4, 0.5) is 0 Å². The van der Waals surface area contributed by atoms with E-state index in [4.69, 9.17) is 0 Å². The van der Waals surface area contributed by atoms with Crippen molar-refractivity contribution in [3.63, 3.8) is 0 Å². The SMILES string of the molecule is C=C/C=C\C1=C(C)C(C=C)=C(C=C)C12c1cc3c(cc1-c1c2ccc(C)c1/C=C\C)C(/C=C\C)C(C=C)C1C=CC=CC31. The maximum absolute atomic E-state index is 4.41. The fraction of sp³-hybridized carbons (Fsp3) is 0.209. The second-order valence-electron chi connectivity index (χ2n) is 12.1. The van der Waals surface area contributed by atoms with E-state index in [9.17, 15) is 0 Å². The Bertz CT molecular complexity index is 1780. The van der Waals surface area contributed by atoms with Gasteiger partial charge in [0.25, 0.3) is 0 Å². The molecular weight excluding hydrogens is 516 g/mol. The first kappa shape index (κ1) is 28.7. The molecule has 0 radical (unpaired) electrons. The molecule has 43 heavy (non-hydrogen) atoms. The highest BCUT2D eigenvalue weighted by molar-refractivity contribution is 5.95. The van der Waals surface area contributed by atoms with Gasteiger partial charge >= 0.3 is 0 Å². The molecule has 0 heteroatoms. The van der Waals surface area contributed by atoms with E-state index in [1.54, 1.807) is 0 Å². The van der Waals surface area contributed by atoms with Gasteiger partial charge in [-0.15, -0.1) is 6.58 Å². The van der Waals surface area contributed by atoms with Crippen molar-refractivity contribution in [3.05, 3.63) is 185 Å². The van der Waals surface area contributed by atoms with E-state index < -0.39 is 5.41 Å². The zero-order chi connectivity index (χ0) is 30.5. The lowest BCUT2D eigenvalue weighted by molar-refractivity contribution is 0.373. The van der Waals surface area contributed by atoms with Crippen LogP contribution in [0.25, 0.3) is 17.2 Å². The van der Waals surface area contributed by atoms with Crippen LogP contribution in [0.1, 0.15) is 66.0 Å². The molecular formula is C43H42. The van der Waals surface area contributed by atoms with Crippen LogP contribution < -0.4 is 0 Å². The van der Waals surface area contributed by atoms with Crippen LogP contribution in [0.3, 0.4) is 0 Å². The van der Waals surface area contributed by atoms with Crippen LogP contribution in [-0.4, -0.2) is 0 Å². The normalized spacial score (nSPS) is 26.9. The van der Waals surface area contributed by atoms with Crippen molar-refractivity contribution >= 4 is 6.08 Å². The minimum absolute atomic E-state index is 0.259. The van der Waals surface area contributed by atoms with Crippen molar-refractivity contribution in [1.82, 2.24) is 0 Å². The predicted molar refractivity (Wildman–Crippen MR) is 187 cm³/mol. The molecule has 4 aliphatic rings. The van der Waals surface area contributed by atoms with E-state index in [0.29, 0.717) is 17.8 Å². The topological polar surface area (TPSA) is 0 Å². The van der Waals surface area contributed by atoms with Crippen LogP contribution in [0.15, 0.2) is 152 Å². The Morgan fingerprint density at radius 1 is 0.814 bits per heavy atom. The fourth-order valence-corrected chi connectivity index (χ4v) is 8.57. The fourth-order valence-electron chi connectivity index (χ4n) is 8.57. The van der Waals surface area contributed by atoms with Gasteiger partial charge in [-0.05, 0) is 112 Å². The molecule has 0 saturated carbocycles. The van der Waals surface area contributed by atoms with Crippen molar-refractivity contribution in [2.24, 2.45) is 11.8 Å². The van der Waals surface area contributed by atoms with Gasteiger partial charge in [-0.25, -0.2) is 0 Å². The summed E-state index contributed by atoms with van der Waals surface area (Å²) < 4.78 is 0. The Kier molecular flexibility index (Phi) is 7.35. The smallest absolute Gasteiger partial charge is 0.0722 e. The summed E-state index contributed by atoms with van der Waals surface area (Å²) in [5.41, 5.74) is 15.1. The average Bonchev–Trinajstić information content (AvgIpc) is 3.44. The van der Waals surface area contributed by atoms with Gasteiger partial charge in [-0.2, -0.15) is 0 Å². The molecule has 2 aromatic rings.